The molecule has 1 atom stereocenters. The van der Waals surface area contributed by atoms with Crippen molar-refractivity contribution in [3.05, 3.63) is 18.5 Å². The lowest BCUT2D eigenvalue weighted by Crippen LogP contribution is -2.34. The number of nitrogens with zero attached hydrogens (tertiary/aromatic N) is 3. The number of piperidine rings is 1. The van der Waals surface area contributed by atoms with Crippen molar-refractivity contribution >= 4 is 5.69 Å². The van der Waals surface area contributed by atoms with E-state index >= 15 is 0 Å². The Kier molecular flexibility index (Phi) is 8.21. The summed E-state index contributed by atoms with van der Waals surface area (Å²) in [5.74, 6) is 1.70. The Morgan fingerprint density at radius 1 is 1.11 bits per heavy atom. The molecule has 0 bridgehead atoms. The molecule has 3 heterocycles. The van der Waals surface area contributed by atoms with E-state index in [9.17, 15) is 0 Å². The third kappa shape index (κ3) is 6.35. The van der Waals surface area contributed by atoms with Gasteiger partial charge in [0.05, 0.1) is 18.1 Å². The van der Waals surface area contributed by atoms with E-state index < -0.39 is 0 Å². The Bertz CT molecular complexity index is 546. The van der Waals surface area contributed by atoms with E-state index in [1.165, 1.54) is 57.2 Å². The first-order chi connectivity index (χ1) is 13.3. The van der Waals surface area contributed by atoms with Crippen molar-refractivity contribution in [1.82, 2.24) is 9.88 Å². The molecule has 1 aromatic rings. The summed E-state index contributed by atoms with van der Waals surface area (Å²) >= 11 is 0. The van der Waals surface area contributed by atoms with Crippen molar-refractivity contribution < 1.29 is 9.47 Å². The molecule has 0 amide bonds. The predicted octanol–water partition coefficient (Wildman–Crippen LogP) is 3.98. The predicted molar refractivity (Wildman–Crippen MR) is 111 cm³/mol. The molecule has 0 N–H and O–H groups in total. The third-order valence-corrected chi connectivity index (χ3v) is 6.10. The van der Waals surface area contributed by atoms with E-state index in [0.717, 1.165) is 44.6 Å². The van der Waals surface area contributed by atoms with Crippen LogP contribution in [0.15, 0.2) is 18.5 Å². The van der Waals surface area contributed by atoms with Crippen LogP contribution in [0.5, 0.6) is 5.75 Å². The number of likely N-dealkylation sites (N-methyl/N-ethyl adjacent to an activating group) is 1. The smallest absolute Gasteiger partial charge is 0.139 e. The van der Waals surface area contributed by atoms with Gasteiger partial charge in [0.15, 0.2) is 0 Å². The molecule has 2 fully saturated rings. The lowest BCUT2D eigenvalue weighted by molar-refractivity contribution is 0.113. The number of aromatic nitrogens is 1. The van der Waals surface area contributed by atoms with Crippen molar-refractivity contribution in [2.75, 3.05) is 51.4 Å². The van der Waals surface area contributed by atoms with Crippen molar-refractivity contribution in [2.45, 2.75) is 57.9 Å². The van der Waals surface area contributed by atoms with Gasteiger partial charge in [0.2, 0.25) is 0 Å². The van der Waals surface area contributed by atoms with Gasteiger partial charge in [0, 0.05) is 38.4 Å². The van der Waals surface area contributed by atoms with Crippen LogP contribution in [0.2, 0.25) is 0 Å². The van der Waals surface area contributed by atoms with Gasteiger partial charge in [-0.1, -0.05) is 13.3 Å². The zero-order chi connectivity index (χ0) is 18.9. The Balaban J connectivity index is 1.40. The number of anilines is 1. The number of likely N-dealkylation sites (tertiary alicyclic amines) is 1. The molecule has 0 unspecified atom stereocenters. The molecule has 0 spiro atoms. The second kappa shape index (κ2) is 10.9. The summed E-state index contributed by atoms with van der Waals surface area (Å²) in [7, 11) is 2.19. The summed E-state index contributed by atoms with van der Waals surface area (Å²) in [6, 6.07) is 2.71. The highest BCUT2D eigenvalue weighted by molar-refractivity contribution is 5.48. The normalized spacial score (nSPS) is 21.7. The van der Waals surface area contributed by atoms with Crippen LogP contribution in [0, 0.1) is 5.92 Å². The molecule has 152 valence electrons. The van der Waals surface area contributed by atoms with Crippen LogP contribution < -0.4 is 9.64 Å². The molecule has 0 radical (unpaired) electrons. The lowest BCUT2D eigenvalue weighted by Gasteiger charge is -2.33. The van der Waals surface area contributed by atoms with E-state index in [1.54, 1.807) is 0 Å². The van der Waals surface area contributed by atoms with Crippen LogP contribution in [0.1, 0.15) is 51.9 Å². The minimum absolute atomic E-state index is 0.545. The first-order valence-electron chi connectivity index (χ1n) is 10.9. The van der Waals surface area contributed by atoms with E-state index in [2.05, 4.69) is 34.8 Å². The minimum Gasteiger partial charge on any atom is -0.490 e. The van der Waals surface area contributed by atoms with Crippen LogP contribution in [-0.2, 0) is 4.74 Å². The largest absolute Gasteiger partial charge is 0.490 e. The quantitative estimate of drug-likeness (QED) is 0.578. The maximum atomic E-state index is 6.05. The lowest BCUT2D eigenvalue weighted by atomic mass is 9.94. The van der Waals surface area contributed by atoms with E-state index in [0.29, 0.717) is 6.04 Å². The Labute approximate surface area is 165 Å². The first-order valence-corrected chi connectivity index (χ1v) is 10.9. The van der Waals surface area contributed by atoms with Crippen LogP contribution >= 0.6 is 0 Å². The van der Waals surface area contributed by atoms with E-state index in [1.807, 2.05) is 12.4 Å². The molecular formula is C22H37N3O2. The second-order valence-electron chi connectivity index (χ2n) is 8.15. The molecule has 0 aliphatic carbocycles. The first kappa shape index (κ1) is 20.4. The van der Waals surface area contributed by atoms with E-state index in [4.69, 9.17) is 9.47 Å². The van der Waals surface area contributed by atoms with Gasteiger partial charge in [0.25, 0.3) is 0 Å². The van der Waals surface area contributed by atoms with Gasteiger partial charge < -0.3 is 19.3 Å². The highest BCUT2D eigenvalue weighted by Crippen LogP contribution is 2.27. The molecule has 27 heavy (non-hydrogen) atoms. The van der Waals surface area contributed by atoms with Gasteiger partial charge in [-0.2, -0.15) is 0 Å². The summed E-state index contributed by atoms with van der Waals surface area (Å²) in [5, 5.41) is 0. The van der Waals surface area contributed by atoms with Crippen LogP contribution in [0.25, 0.3) is 0 Å². The van der Waals surface area contributed by atoms with Crippen LogP contribution in [0.4, 0.5) is 5.69 Å². The molecule has 2 aliphatic rings. The molecule has 0 saturated carbocycles. The molecule has 2 aliphatic heterocycles. The Morgan fingerprint density at radius 2 is 1.96 bits per heavy atom. The fraction of sp³-hybridized carbons (Fsp3) is 0.773. The summed E-state index contributed by atoms with van der Waals surface area (Å²) in [5.41, 5.74) is 1.20. The average molecular weight is 376 g/mol. The molecule has 5 heteroatoms. The van der Waals surface area contributed by atoms with Crippen molar-refractivity contribution in [2.24, 2.45) is 5.92 Å². The number of hydrogen-bond acceptors (Lipinski definition) is 5. The van der Waals surface area contributed by atoms with Gasteiger partial charge in [-0.3, -0.25) is 4.98 Å². The van der Waals surface area contributed by atoms with Gasteiger partial charge >= 0.3 is 0 Å². The maximum Gasteiger partial charge on any atom is 0.139 e. The maximum absolute atomic E-state index is 6.05. The standard InChI is InChI=1S/C22H37N3O2/c1-3-4-13-26-14-9-19-7-11-25(12-8-19)21-15-22(17-23-16-21)27-18-20-6-5-10-24(20)2/h15-17,19-20H,3-14,18H2,1-2H3/t20-/m1/s1. The fourth-order valence-corrected chi connectivity index (χ4v) is 4.12. The molecule has 5 nitrogen and oxygen atoms in total. The van der Waals surface area contributed by atoms with Crippen LogP contribution in [-0.4, -0.2) is 62.4 Å². The van der Waals surface area contributed by atoms with Crippen LogP contribution in [0.3, 0.4) is 0 Å². The van der Waals surface area contributed by atoms with Gasteiger partial charge in [-0.25, -0.2) is 0 Å². The highest BCUT2D eigenvalue weighted by Gasteiger charge is 2.22. The number of hydrogen-bond donors (Lipinski definition) is 0. The van der Waals surface area contributed by atoms with Crippen molar-refractivity contribution in [3.63, 3.8) is 0 Å². The summed E-state index contributed by atoms with van der Waals surface area (Å²) in [6.07, 6.45) is 12.4. The minimum atomic E-state index is 0.545. The number of pyridine rings is 1. The fourth-order valence-electron chi connectivity index (χ4n) is 4.12. The summed E-state index contributed by atoms with van der Waals surface area (Å²) in [4.78, 5) is 9.27. The number of ether oxygens (including phenoxy) is 2. The molecule has 0 aromatic carbocycles. The summed E-state index contributed by atoms with van der Waals surface area (Å²) < 4.78 is 11.8. The number of rotatable bonds is 10. The van der Waals surface area contributed by atoms with Gasteiger partial charge in [-0.05, 0) is 58.0 Å². The zero-order valence-electron chi connectivity index (χ0n) is 17.2. The van der Waals surface area contributed by atoms with Gasteiger partial charge in [0.1, 0.15) is 12.4 Å². The zero-order valence-corrected chi connectivity index (χ0v) is 17.2. The highest BCUT2D eigenvalue weighted by atomic mass is 16.5. The average Bonchev–Trinajstić information content (AvgIpc) is 3.12. The van der Waals surface area contributed by atoms with Crippen molar-refractivity contribution in [3.8, 4) is 5.75 Å². The van der Waals surface area contributed by atoms with E-state index in [-0.39, 0.29) is 0 Å². The molecular weight excluding hydrogens is 338 g/mol. The Morgan fingerprint density at radius 3 is 2.70 bits per heavy atom. The topological polar surface area (TPSA) is 37.8 Å². The molecule has 2 saturated heterocycles. The Hall–Kier alpha value is -1.33. The molecule has 3 rings (SSSR count). The second-order valence-corrected chi connectivity index (χ2v) is 8.15. The molecule has 1 aromatic heterocycles. The SMILES string of the molecule is CCCCOCCC1CCN(c2cncc(OC[C@H]3CCCN3C)c2)CC1. The van der Waals surface area contributed by atoms with Gasteiger partial charge in [-0.15, -0.1) is 0 Å². The van der Waals surface area contributed by atoms with Crippen molar-refractivity contribution in [1.29, 1.82) is 0 Å². The monoisotopic (exact) mass is 375 g/mol. The summed E-state index contributed by atoms with van der Waals surface area (Å²) in [6.45, 7) is 8.22. The number of unbranched alkanes of at least 4 members (excludes halogenated alkanes) is 1. The third-order valence-electron chi connectivity index (χ3n) is 6.10.